The van der Waals surface area contributed by atoms with Crippen molar-refractivity contribution in [2.24, 2.45) is 0 Å². The molecule has 0 amide bonds. The number of aryl methyl sites for hydroxylation is 2. The highest BCUT2D eigenvalue weighted by atomic mass is 32.1. The van der Waals surface area contributed by atoms with Crippen molar-refractivity contribution in [2.45, 2.75) is 25.7 Å². The molecule has 0 spiro atoms. The third kappa shape index (κ3) is 2.49. The maximum absolute atomic E-state index is 5.21. The second-order valence-electron chi connectivity index (χ2n) is 6.46. The molecular weight excluding hydrogens is 344 g/mol. The number of rotatable bonds is 3. The first-order chi connectivity index (χ1) is 12.8. The highest BCUT2D eigenvalue weighted by molar-refractivity contribution is 7.19. The maximum atomic E-state index is 5.21. The number of aromatic nitrogens is 4. The molecule has 0 bridgehead atoms. The minimum atomic E-state index is 0.805. The van der Waals surface area contributed by atoms with Crippen LogP contribution in [-0.2, 0) is 12.8 Å². The topological polar surface area (TPSA) is 52.3 Å². The number of ether oxygens (including phenoxy) is 1. The van der Waals surface area contributed by atoms with E-state index in [1.54, 1.807) is 13.4 Å². The fourth-order valence-electron chi connectivity index (χ4n) is 3.59. The molecule has 0 unspecified atom stereocenters. The minimum Gasteiger partial charge on any atom is -0.497 e. The first-order valence-electron chi connectivity index (χ1n) is 8.79. The number of fused-ring (bicyclic) bond motifs is 5. The lowest BCUT2D eigenvalue weighted by Gasteiger charge is -2.10. The van der Waals surface area contributed by atoms with Gasteiger partial charge in [0.15, 0.2) is 11.5 Å². The summed E-state index contributed by atoms with van der Waals surface area (Å²) in [5.74, 6) is 1.66. The van der Waals surface area contributed by atoms with Crippen LogP contribution in [0.2, 0.25) is 0 Å². The molecule has 0 radical (unpaired) electrons. The van der Waals surface area contributed by atoms with Crippen LogP contribution in [0.3, 0.4) is 0 Å². The molecule has 5 nitrogen and oxygen atoms in total. The van der Waals surface area contributed by atoms with Gasteiger partial charge in [-0.1, -0.05) is 18.2 Å². The van der Waals surface area contributed by atoms with Crippen LogP contribution in [0.25, 0.3) is 28.0 Å². The molecule has 1 aliphatic carbocycles. The van der Waals surface area contributed by atoms with E-state index in [0.717, 1.165) is 40.5 Å². The van der Waals surface area contributed by atoms with Gasteiger partial charge in [-0.05, 0) is 55.0 Å². The molecule has 1 aromatic carbocycles. The summed E-state index contributed by atoms with van der Waals surface area (Å²) in [6, 6.07) is 7.95. The Kier molecular flexibility index (Phi) is 3.71. The second kappa shape index (κ2) is 6.21. The number of hydrogen-bond donors (Lipinski definition) is 0. The van der Waals surface area contributed by atoms with E-state index in [4.69, 9.17) is 9.72 Å². The Morgan fingerprint density at radius 3 is 2.81 bits per heavy atom. The minimum absolute atomic E-state index is 0.805. The van der Waals surface area contributed by atoms with E-state index < -0.39 is 0 Å². The normalized spacial score (nSPS) is 14.3. The molecule has 6 heteroatoms. The Morgan fingerprint density at radius 2 is 1.96 bits per heavy atom. The fourth-order valence-corrected chi connectivity index (χ4v) is 4.85. The van der Waals surface area contributed by atoms with Crippen LogP contribution in [0, 0.1) is 0 Å². The van der Waals surface area contributed by atoms with E-state index in [-0.39, 0.29) is 0 Å². The summed E-state index contributed by atoms with van der Waals surface area (Å²) in [6.07, 6.45) is 10.5. The molecule has 3 heterocycles. The summed E-state index contributed by atoms with van der Waals surface area (Å²) in [6.45, 7) is 0. The summed E-state index contributed by atoms with van der Waals surface area (Å²) in [7, 11) is 1.67. The van der Waals surface area contributed by atoms with Crippen molar-refractivity contribution >= 4 is 39.4 Å². The lowest BCUT2D eigenvalue weighted by molar-refractivity contribution is 0.415. The molecule has 0 atom stereocenters. The van der Waals surface area contributed by atoms with Gasteiger partial charge in [-0.3, -0.25) is 0 Å². The average molecular weight is 362 g/mol. The van der Waals surface area contributed by atoms with Crippen LogP contribution in [0.1, 0.15) is 34.7 Å². The standard InChI is InChI=1S/C20H18N4OS/c1-25-14-9-6-13(7-10-14)8-11-17-23-20-18(19-21-12-22-24(17)19)15-4-2-3-5-16(15)26-20/h6-12H,2-5H2,1H3/b11-8+. The van der Waals surface area contributed by atoms with Crippen molar-refractivity contribution in [3.8, 4) is 5.75 Å². The zero-order valence-electron chi connectivity index (χ0n) is 14.5. The third-order valence-electron chi connectivity index (χ3n) is 4.90. The maximum Gasteiger partial charge on any atom is 0.168 e. The van der Waals surface area contributed by atoms with Gasteiger partial charge in [0.2, 0.25) is 0 Å². The van der Waals surface area contributed by atoms with Gasteiger partial charge >= 0.3 is 0 Å². The van der Waals surface area contributed by atoms with E-state index >= 15 is 0 Å². The smallest absolute Gasteiger partial charge is 0.168 e. The van der Waals surface area contributed by atoms with Gasteiger partial charge in [0, 0.05) is 4.88 Å². The lowest BCUT2D eigenvalue weighted by Crippen LogP contribution is -2.01. The molecule has 0 fully saturated rings. The summed E-state index contributed by atoms with van der Waals surface area (Å²) in [4.78, 5) is 12.0. The number of methoxy groups -OCH3 is 1. The zero-order chi connectivity index (χ0) is 17.5. The molecule has 0 aliphatic heterocycles. The van der Waals surface area contributed by atoms with Crippen LogP contribution in [0.15, 0.2) is 30.6 Å². The van der Waals surface area contributed by atoms with Crippen LogP contribution < -0.4 is 4.74 Å². The van der Waals surface area contributed by atoms with E-state index in [0.29, 0.717) is 0 Å². The summed E-state index contributed by atoms with van der Waals surface area (Å²) in [5.41, 5.74) is 3.45. The molecule has 0 N–H and O–H groups in total. The molecule has 130 valence electrons. The predicted molar refractivity (Wildman–Crippen MR) is 105 cm³/mol. The molecule has 0 saturated carbocycles. The van der Waals surface area contributed by atoms with Crippen molar-refractivity contribution in [1.29, 1.82) is 0 Å². The van der Waals surface area contributed by atoms with Crippen LogP contribution in [-0.4, -0.2) is 26.7 Å². The Hall–Kier alpha value is -2.73. The lowest BCUT2D eigenvalue weighted by atomic mass is 9.97. The SMILES string of the molecule is COc1ccc(/C=C/c2nc3sc4c(c3c3ncnn23)CCCC4)cc1. The zero-order valence-corrected chi connectivity index (χ0v) is 15.3. The quantitative estimate of drug-likeness (QED) is 0.542. The van der Waals surface area contributed by atoms with Gasteiger partial charge in [-0.15, -0.1) is 11.3 Å². The fraction of sp³-hybridized carbons (Fsp3) is 0.250. The molecule has 0 saturated heterocycles. The van der Waals surface area contributed by atoms with Gasteiger partial charge in [0.05, 0.1) is 12.5 Å². The van der Waals surface area contributed by atoms with Crippen LogP contribution >= 0.6 is 11.3 Å². The summed E-state index contributed by atoms with van der Waals surface area (Å²) < 4.78 is 7.06. The Labute approximate surface area is 155 Å². The summed E-state index contributed by atoms with van der Waals surface area (Å²) >= 11 is 1.82. The van der Waals surface area contributed by atoms with Gasteiger partial charge in [-0.2, -0.15) is 9.61 Å². The predicted octanol–water partition coefficient (Wildman–Crippen LogP) is 4.40. The van der Waals surface area contributed by atoms with Crippen molar-refractivity contribution in [2.75, 3.05) is 7.11 Å². The molecule has 26 heavy (non-hydrogen) atoms. The molecule has 3 aromatic heterocycles. The van der Waals surface area contributed by atoms with E-state index in [1.807, 2.05) is 52.3 Å². The van der Waals surface area contributed by atoms with Gasteiger partial charge < -0.3 is 4.74 Å². The second-order valence-corrected chi connectivity index (χ2v) is 7.55. The number of nitrogens with zero attached hydrogens (tertiary/aromatic N) is 4. The Balaban J connectivity index is 1.62. The first-order valence-corrected chi connectivity index (χ1v) is 9.61. The number of hydrogen-bond acceptors (Lipinski definition) is 5. The summed E-state index contributed by atoms with van der Waals surface area (Å²) in [5, 5.41) is 5.61. The van der Waals surface area contributed by atoms with Crippen molar-refractivity contribution in [1.82, 2.24) is 19.6 Å². The largest absolute Gasteiger partial charge is 0.497 e. The van der Waals surface area contributed by atoms with Crippen molar-refractivity contribution < 1.29 is 4.74 Å². The molecular formula is C20H18N4OS. The molecule has 1 aliphatic rings. The molecule has 5 rings (SSSR count). The Bertz CT molecular complexity index is 1120. The monoisotopic (exact) mass is 362 g/mol. The van der Waals surface area contributed by atoms with Gasteiger partial charge in [0.1, 0.15) is 16.9 Å². The Morgan fingerprint density at radius 1 is 1.12 bits per heavy atom. The highest BCUT2D eigenvalue weighted by Gasteiger charge is 2.21. The number of benzene rings is 1. The molecule has 4 aromatic rings. The van der Waals surface area contributed by atoms with E-state index in [9.17, 15) is 0 Å². The van der Waals surface area contributed by atoms with Crippen molar-refractivity contribution in [3.63, 3.8) is 0 Å². The highest BCUT2D eigenvalue weighted by Crippen LogP contribution is 2.37. The van der Waals surface area contributed by atoms with Gasteiger partial charge in [-0.25, -0.2) is 9.97 Å². The van der Waals surface area contributed by atoms with Crippen molar-refractivity contribution in [3.05, 3.63) is 52.4 Å². The number of thiophene rings is 1. The first kappa shape index (κ1) is 15.5. The third-order valence-corrected chi connectivity index (χ3v) is 6.08. The van der Waals surface area contributed by atoms with Crippen LogP contribution in [0.4, 0.5) is 0 Å². The van der Waals surface area contributed by atoms with E-state index in [2.05, 4.69) is 10.1 Å². The van der Waals surface area contributed by atoms with Crippen LogP contribution in [0.5, 0.6) is 5.75 Å². The van der Waals surface area contributed by atoms with Gasteiger partial charge in [0.25, 0.3) is 0 Å². The average Bonchev–Trinajstić information content (AvgIpc) is 3.30. The van der Waals surface area contributed by atoms with E-state index in [1.165, 1.54) is 28.7 Å².